The van der Waals surface area contributed by atoms with Crippen LogP contribution in [0.4, 0.5) is 17.6 Å². The molecule has 9 heteroatoms. The minimum Gasteiger partial charge on any atom is -0.376 e. The van der Waals surface area contributed by atoms with Crippen molar-refractivity contribution >= 4 is 40.3 Å². The van der Waals surface area contributed by atoms with Crippen molar-refractivity contribution < 1.29 is 27.5 Å². The van der Waals surface area contributed by atoms with Crippen molar-refractivity contribution in [3.63, 3.8) is 0 Å². The van der Waals surface area contributed by atoms with E-state index in [0.29, 0.717) is 0 Å². The van der Waals surface area contributed by atoms with Gasteiger partial charge in [-0.25, -0.2) is 0 Å². The van der Waals surface area contributed by atoms with Crippen LogP contribution in [0.5, 0.6) is 0 Å². The molecule has 0 radical (unpaired) electrons. The highest BCUT2D eigenvalue weighted by molar-refractivity contribution is 7.12. The van der Waals surface area contributed by atoms with E-state index in [-0.39, 0.29) is 4.88 Å². The van der Waals surface area contributed by atoms with Crippen LogP contribution in [-0.2, 0) is 0 Å². The fourth-order valence-electron chi connectivity index (χ4n) is 1.12. The lowest BCUT2D eigenvalue weighted by Gasteiger charge is -2.34. The third-order valence-electron chi connectivity index (χ3n) is 2.15. The van der Waals surface area contributed by atoms with Crippen LogP contribution in [0.3, 0.4) is 0 Å². The van der Waals surface area contributed by atoms with Crippen LogP contribution in [0.25, 0.3) is 0 Å². The first-order valence-corrected chi connectivity index (χ1v) is 6.05. The summed E-state index contributed by atoms with van der Waals surface area (Å²) in [7, 11) is 0. The number of alkyl halides is 6. The molecular weight excluding hydrogens is 319 g/mol. The van der Waals surface area contributed by atoms with Crippen molar-refractivity contribution in [3.8, 4) is 0 Å². The molecule has 2 nitrogen and oxygen atoms in total. The maximum atomic E-state index is 12.9. The molecule has 1 N–H and O–H groups in total. The normalized spacial score (nSPS) is 13.7. The maximum Gasteiger partial charge on any atom is 0.357 e. The van der Waals surface area contributed by atoms with Gasteiger partial charge in [-0.1, -0.05) is 6.07 Å². The van der Waals surface area contributed by atoms with Gasteiger partial charge in [-0.05, 0) is 34.6 Å². The van der Waals surface area contributed by atoms with Crippen LogP contribution in [0, 0.1) is 0 Å². The van der Waals surface area contributed by atoms with Gasteiger partial charge in [0.2, 0.25) is 5.60 Å². The monoisotopic (exact) mass is 324 g/mol. The van der Waals surface area contributed by atoms with E-state index in [1.165, 1.54) is 17.5 Å². The number of thiophene rings is 1. The molecule has 102 valence electrons. The largest absolute Gasteiger partial charge is 0.376 e. The highest BCUT2D eigenvalue weighted by Gasteiger charge is 2.67. The molecule has 0 fully saturated rings. The van der Waals surface area contributed by atoms with Gasteiger partial charge in [0.25, 0.3) is 0 Å². The van der Waals surface area contributed by atoms with E-state index in [1.54, 1.807) is 0 Å². The van der Waals surface area contributed by atoms with Crippen LogP contribution in [0.1, 0.15) is 16.1 Å². The van der Waals surface area contributed by atoms with E-state index in [0.717, 1.165) is 11.3 Å². The molecule has 0 atom stereocenters. The first-order valence-electron chi connectivity index (χ1n) is 4.41. The van der Waals surface area contributed by atoms with Crippen LogP contribution in [-0.4, -0.2) is 27.3 Å². The molecule has 0 amide bonds. The third-order valence-corrected chi connectivity index (χ3v) is 3.69. The number of carbonyl (C=O) groups is 1. The number of carbonyl (C=O) groups excluding carboxylic acids is 1. The Labute approximate surface area is 113 Å². The van der Waals surface area contributed by atoms with Crippen molar-refractivity contribution in [2.45, 2.75) is 22.8 Å². The van der Waals surface area contributed by atoms with Gasteiger partial charge in [0.15, 0.2) is 5.78 Å². The molecule has 0 saturated carbocycles. The average Bonchev–Trinajstić information content (AvgIpc) is 2.66. The minimum atomic E-state index is -4.76. The Kier molecular flexibility index (Phi) is 4.32. The summed E-state index contributed by atoms with van der Waals surface area (Å²) in [4.78, 5) is 11.4. The standard InChI is InChI=1S/C9H6Cl2F4O2S/c10-8(12,13)7(17,9(11,14)15)4-5(16)6-2-1-3-18-6/h1-3,17H,4H2. The lowest BCUT2D eigenvalue weighted by molar-refractivity contribution is -0.214. The topological polar surface area (TPSA) is 37.3 Å². The molecule has 0 unspecified atom stereocenters. The number of rotatable bonds is 5. The van der Waals surface area contributed by atoms with E-state index >= 15 is 0 Å². The molecule has 0 aliphatic rings. The maximum absolute atomic E-state index is 12.9. The first kappa shape index (κ1) is 15.7. The molecule has 1 rings (SSSR count). The third kappa shape index (κ3) is 2.96. The quantitative estimate of drug-likeness (QED) is 0.509. The highest BCUT2D eigenvalue weighted by atomic mass is 35.5. The van der Waals surface area contributed by atoms with Crippen LogP contribution < -0.4 is 0 Å². The lowest BCUT2D eigenvalue weighted by atomic mass is 9.96. The lowest BCUT2D eigenvalue weighted by Crippen LogP contribution is -2.56. The van der Waals surface area contributed by atoms with Crippen LogP contribution in [0.2, 0.25) is 0 Å². The number of hydrogen-bond donors (Lipinski definition) is 1. The van der Waals surface area contributed by atoms with Gasteiger partial charge < -0.3 is 5.11 Å². The second-order valence-corrected chi connectivity index (χ2v) is 5.33. The van der Waals surface area contributed by atoms with Gasteiger partial charge in [0.1, 0.15) is 0 Å². The molecule has 1 heterocycles. The Balaban J connectivity index is 3.05. The zero-order valence-electron chi connectivity index (χ0n) is 8.47. The zero-order valence-corrected chi connectivity index (χ0v) is 10.8. The molecule has 0 bridgehead atoms. The molecule has 0 spiro atoms. The van der Waals surface area contributed by atoms with Crippen molar-refractivity contribution in [1.29, 1.82) is 0 Å². The SMILES string of the molecule is O=C(CC(O)(C(F)(F)Cl)C(F)(F)Cl)c1cccs1. The summed E-state index contributed by atoms with van der Waals surface area (Å²) in [6.45, 7) is 0. The van der Waals surface area contributed by atoms with Crippen molar-refractivity contribution in [3.05, 3.63) is 22.4 Å². The number of Topliss-reactive ketones (excluding diaryl/α,β-unsaturated/α-hetero) is 1. The van der Waals surface area contributed by atoms with Gasteiger partial charge in [0.05, 0.1) is 11.3 Å². The summed E-state index contributed by atoms with van der Waals surface area (Å²) >= 11 is 9.72. The minimum absolute atomic E-state index is 0.0599. The van der Waals surface area contributed by atoms with E-state index < -0.39 is 28.6 Å². The molecule has 0 saturated heterocycles. The Bertz CT molecular complexity index is 411. The second kappa shape index (κ2) is 4.96. The van der Waals surface area contributed by atoms with E-state index in [9.17, 15) is 27.5 Å². The summed E-state index contributed by atoms with van der Waals surface area (Å²) in [5.41, 5.74) is -4.16. The fraction of sp³-hybridized carbons (Fsp3) is 0.444. The molecular formula is C9H6Cl2F4O2S. The van der Waals surface area contributed by atoms with E-state index in [4.69, 9.17) is 0 Å². The van der Waals surface area contributed by atoms with Crippen molar-refractivity contribution in [2.24, 2.45) is 0 Å². The van der Waals surface area contributed by atoms with Gasteiger partial charge in [-0.2, -0.15) is 17.6 Å². The number of ketones is 1. The van der Waals surface area contributed by atoms with Crippen molar-refractivity contribution in [2.75, 3.05) is 0 Å². The zero-order chi connectivity index (χ0) is 14.2. The number of hydrogen-bond acceptors (Lipinski definition) is 3. The fourth-order valence-corrected chi connectivity index (χ4v) is 2.20. The molecule has 0 aliphatic carbocycles. The molecule has 1 aromatic heterocycles. The molecule has 0 aliphatic heterocycles. The molecule has 0 aromatic carbocycles. The predicted molar refractivity (Wildman–Crippen MR) is 59.8 cm³/mol. The van der Waals surface area contributed by atoms with Gasteiger partial charge >= 0.3 is 10.8 Å². The average molecular weight is 325 g/mol. The van der Waals surface area contributed by atoms with E-state index in [2.05, 4.69) is 23.2 Å². The highest BCUT2D eigenvalue weighted by Crippen LogP contribution is 2.48. The predicted octanol–water partition coefficient (Wildman–Crippen LogP) is 3.72. The molecule has 18 heavy (non-hydrogen) atoms. The number of halogens is 6. The Morgan fingerprint density at radius 1 is 1.28 bits per heavy atom. The molecule has 1 aromatic rings. The van der Waals surface area contributed by atoms with Gasteiger partial charge in [-0.3, -0.25) is 4.79 Å². The van der Waals surface area contributed by atoms with Gasteiger partial charge in [0, 0.05) is 0 Å². The van der Waals surface area contributed by atoms with Crippen LogP contribution in [0.15, 0.2) is 17.5 Å². The Hall–Kier alpha value is -0.370. The van der Waals surface area contributed by atoms with Crippen molar-refractivity contribution in [1.82, 2.24) is 0 Å². The van der Waals surface area contributed by atoms with E-state index in [1.807, 2.05) is 0 Å². The Morgan fingerprint density at radius 2 is 1.78 bits per heavy atom. The summed E-state index contributed by atoms with van der Waals surface area (Å²) < 4.78 is 51.5. The van der Waals surface area contributed by atoms with Crippen LogP contribution >= 0.6 is 34.5 Å². The number of aliphatic hydroxyl groups is 1. The smallest absolute Gasteiger partial charge is 0.357 e. The summed E-state index contributed by atoms with van der Waals surface area (Å²) in [5.74, 6) is -1.10. The second-order valence-electron chi connectivity index (χ2n) is 3.43. The summed E-state index contributed by atoms with van der Waals surface area (Å²) in [6, 6.07) is 2.67. The summed E-state index contributed by atoms with van der Waals surface area (Å²) in [6.07, 6.45) is -1.60. The van der Waals surface area contributed by atoms with Gasteiger partial charge in [-0.15, -0.1) is 11.3 Å². The summed E-state index contributed by atoms with van der Waals surface area (Å²) in [5, 5.41) is 1.20. The Morgan fingerprint density at radius 3 is 2.11 bits per heavy atom. The first-order chi connectivity index (χ1) is 7.99.